The van der Waals surface area contributed by atoms with Crippen LogP contribution in [-0.4, -0.2) is 106 Å². The lowest BCUT2D eigenvalue weighted by Gasteiger charge is -2.34. The highest BCUT2D eigenvalue weighted by Crippen LogP contribution is 2.48. The summed E-state index contributed by atoms with van der Waals surface area (Å²) < 4.78 is 40.9. The molecule has 6 heterocycles. The third kappa shape index (κ3) is 9.98. The van der Waals surface area contributed by atoms with Gasteiger partial charge in [-0.05, 0) is 90.7 Å². The highest BCUT2D eigenvalue weighted by molar-refractivity contribution is 6.35. The molecule has 15 heteroatoms. The number of carbonyl (C=O) groups is 1. The van der Waals surface area contributed by atoms with E-state index in [0.717, 1.165) is 72.6 Å². The molecule has 1 fully saturated rings. The smallest absolute Gasteiger partial charge is 0.347 e. The van der Waals surface area contributed by atoms with E-state index in [9.17, 15) is 9.18 Å². The average molecular weight is 945 g/mol. The molecule has 0 N–H and O–H groups in total. The third-order valence-electron chi connectivity index (χ3n) is 12.5. The largest absolute Gasteiger partial charge is 0.496 e. The van der Waals surface area contributed by atoms with Gasteiger partial charge < -0.3 is 28.2 Å². The monoisotopic (exact) mass is 943 g/mol. The summed E-state index contributed by atoms with van der Waals surface area (Å²) in [5.41, 5.74) is 8.25. The van der Waals surface area contributed by atoms with E-state index < -0.39 is 12.1 Å². The zero-order chi connectivity index (χ0) is 46.6. The lowest BCUT2D eigenvalue weighted by atomic mass is 9.93. The van der Waals surface area contributed by atoms with Crippen molar-refractivity contribution in [2.24, 2.45) is 0 Å². The van der Waals surface area contributed by atoms with Gasteiger partial charge in [0.2, 0.25) is 12.0 Å². The predicted octanol–water partition coefficient (Wildman–Crippen LogP) is 9.58. The maximum atomic E-state index is 14.4. The molecule has 0 saturated carbocycles. The summed E-state index contributed by atoms with van der Waals surface area (Å²) in [6.07, 6.45) is 3.92. The van der Waals surface area contributed by atoms with E-state index in [2.05, 4.69) is 51.0 Å². The van der Waals surface area contributed by atoms with Crippen LogP contribution in [0.2, 0.25) is 10.2 Å². The minimum absolute atomic E-state index is 0.0788. The summed E-state index contributed by atoms with van der Waals surface area (Å²) in [6, 6.07) is 25.8. The molecular formula is C52H52Cl2FN7O5. The molecule has 0 amide bonds. The lowest BCUT2D eigenvalue weighted by molar-refractivity contribution is -0.151. The van der Waals surface area contributed by atoms with Crippen molar-refractivity contribution in [2.45, 2.75) is 46.1 Å². The Balaban J connectivity index is 1.17. The molecule has 3 aliphatic heterocycles. The number of aromatic nitrogens is 4. The van der Waals surface area contributed by atoms with Gasteiger partial charge in [-0.1, -0.05) is 71.7 Å². The van der Waals surface area contributed by atoms with Gasteiger partial charge in [0.05, 0.1) is 25.0 Å². The number of fused-ring (bicyclic) bond motifs is 6. The summed E-state index contributed by atoms with van der Waals surface area (Å²) >= 11 is 14.8. The van der Waals surface area contributed by atoms with Crippen molar-refractivity contribution < 1.29 is 28.1 Å². The molecule has 1 atom stereocenters. The Morgan fingerprint density at radius 2 is 1.64 bits per heavy atom. The molecule has 0 aliphatic carbocycles. The van der Waals surface area contributed by atoms with E-state index >= 15 is 0 Å². The van der Waals surface area contributed by atoms with Gasteiger partial charge in [-0.15, -0.1) is 0 Å². The number of likely N-dealkylation sites (N-methyl/N-ethyl adjacent to an activating group) is 1. The highest BCUT2D eigenvalue weighted by Gasteiger charge is 2.31. The Hall–Kier alpha value is -6.09. The molecule has 7 aromatic rings. The van der Waals surface area contributed by atoms with Crippen LogP contribution >= 0.6 is 23.2 Å². The quantitative estimate of drug-likeness (QED) is 0.116. The van der Waals surface area contributed by atoms with Gasteiger partial charge >= 0.3 is 5.97 Å². The average Bonchev–Trinajstić information content (AvgIpc) is 3.64. The van der Waals surface area contributed by atoms with E-state index in [1.54, 1.807) is 49.2 Å². The summed E-state index contributed by atoms with van der Waals surface area (Å²) in [5.74, 6) is 0.917. The van der Waals surface area contributed by atoms with Gasteiger partial charge in [0.25, 0.3) is 0 Å². The summed E-state index contributed by atoms with van der Waals surface area (Å²) in [4.78, 5) is 35.5. The van der Waals surface area contributed by atoms with Gasteiger partial charge in [-0.3, -0.25) is 9.80 Å². The second-order valence-corrected chi connectivity index (χ2v) is 17.7. The normalized spacial score (nSPS) is 16.0. The second-order valence-electron chi connectivity index (χ2n) is 16.9. The van der Waals surface area contributed by atoms with Crippen LogP contribution in [0.25, 0.3) is 39.2 Å². The number of hydrogen-bond donors (Lipinski definition) is 0. The fourth-order valence-corrected chi connectivity index (χ4v) is 9.50. The fourth-order valence-electron chi connectivity index (χ4n) is 8.93. The van der Waals surface area contributed by atoms with Crippen LogP contribution in [-0.2, 0) is 35.6 Å². The zero-order valence-electron chi connectivity index (χ0n) is 38.0. The van der Waals surface area contributed by atoms with Gasteiger partial charge in [0.15, 0.2) is 5.82 Å². The van der Waals surface area contributed by atoms with Crippen molar-refractivity contribution in [1.29, 1.82) is 0 Å². The molecule has 67 heavy (non-hydrogen) atoms. The molecule has 0 radical (unpaired) electrons. The molecule has 0 spiro atoms. The number of piperazine rings is 1. The number of nitrogens with zero attached hydrogens (tertiary/aromatic N) is 7. The topological polar surface area (TPSA) is 107 Å². The summed E-state index contributed by atoms with van der Waals surface area (Å²) in [5, 5.41) is 0.972. The number of esters is 1. The maximum absolute atomic E-state index is 14.4. The summed E-state index contributed by atoms with van der Waals surface area (Å²) in [7, 11) is 3.78. The predicted molar refractivity (Wildman–Crippen MR) is 258 cm³/mol. The van der Waals surface area contributed by atoms with Crippen LogP contribution in [0.3, 0.4) is 0 Å². The molecular weight excluding hydrogens is 893 g/mol. The van der Waals surface area contributed by atoms with Gasteiger partial charge in [0.1, 0.15) is 34.6 Å². The number of para-hydroxylation sites is 1. The Kier molecular flexibility index (Phi) is 14.0. The van der Waals surface area contributed by atoms with Crippen LogP contribution in [0.15, 0.2) is 104 Å². The third-order valence-corrected chi connectivity index (χ3v) is 13.4. The zero-order valence-corrected chi connectivity index (χ0v) is 39.5. The molecule has 1 saturated heterocycles. The van der Waals surface area contributed by atoms with Gasteiger partial charge in [-0.25, -0.2) is 24.1 Å². The van der Waals surface area contributed by atoms with E-state index in [1.807, 2.05) is 43.3 Å². The lowest BCUT2D eigenvalue weighted by Crippen LogP contribution is -2.46. The number of rotatable bonds is 11. The molecule has 346 valence electrons. The number of methoxy groups -OCH3 is 1. The van der Waals surface area contributed by atoms with E-state index in [4.69, 9.17) is 52.1 Å². The first-order valence-electron chi connectivity index (χ1n) is 22.5. The first kappa shape index (κ1) is 46.0. The van der Waals surface area contributed by atoms with Crippen molar-refractivity contribution in [3.63, 3.8) is 0 Å². The number of halogens is 3. The van der Waals surface area contributed by atoms with E-state index in [0.29, 0.717) is 68.5 Å². The van der Waals surface area contributed by atoms with Crippen LogP contribution in [0.1, 0.15) is 34.9 Å². The minimum atomic E-state index is -1.17. The van der Waals surface area contributed by atoms with Crippen LogP contribution in [0.4, 0.5) is 4.39 Å². The molecule has 3 aliphatic rings. The van der Waals surface area contributed by atoms with Crippen molar-refractivity contribution in [3.8, 4) is 51.0 Å². The standard InChI is InChI=1S/C52H52Cl2FN7O5/c1-5-65-52(63)44-29-37-28-34(10-17-42(37)66-32-39-18-19-56-50(58-39)41-8-6-7-9-43(41)64-4)30-61(27-26-60-24-22-59(3)23-25-60)31-36-13-16-40(33(2)47(36)53)46-45(35-11-14-38(55)15-12-35)49(54)62-21-20-57-51(67-44)48(46)62/h6-21,28,44H,5,22-27,29-32H2,1-4H3/t44-/m1/s1. The number of ether oxygens (including phenoxy) is 4. The molecule has 3 aromatic heterocycles. The van der Waals surface area contributed by atoms with Crippen molar-refractivity contribution in [1.82, 2.24) is 34.1 Å². The number of hydrogen-bond acceptors (Lipinski definition) is 11. The minimum Gasteiger partial charge on any atom is -0.496 e. The molecule has 10 rings (SSSR count). The second kappa shape index (κ2) is 20.4. The number of carbonyl (C=O) groups excluding carboxylic acids is 1. The molecule has 4 bridgehead atoms. The van der Waals surface area contributed by atoms with Crippen LogP contribution in [0, 0.1) is 12.7 Å². The summed E-state index contributed by atoms with van der Waals surface area (Å²) in [6.45, 7) is 10.9. The molecule has 0 unspecified atom stereocenters. The van der Waals surface area contributed by atoms with Gasteiger partial charge in [-0.2, -0.15) is 0 Å². The first-order valence-corrected chi connectivity index (χ1v) is 23.2. The molecule has 12 nitrogen and oxygen atoms in total. The maximum Gasteiger partial charge on any atom is 0.347 e. The molecule has 4 aromatic carbocycles. The SMILES string of the molecule is CCOC(=O)[C@H]1Cc2cc(ccc2OCc2ccnc(-c3ccccc3OC)n2)CN(CCN2CCN(C)CC2)Cc2ccc(c(C)c2Cl)-c2c(-c3ccc(F)cc3)c(Cl)n3ccnc(c23)O1. The van der Waals surface area contributed by atoms with Crippen LogP contribution in [0.5, 0.6) is 17.4 Å². The Morgan fingerprint density at radius 3 is 2.43 bits per heavy atom. The Labute approximate surface area is 399 Å². The van der Waals surface area contributed by atoms with E-state index in [1.165, 1.54) is 12.1 Å². The fraction of sp³-hybridized carbons (Fsp3) is 0.308. The van der Waals surface area contributed by atoms with Crippen LogP contribution < -0.4 is 14.2 Å². The van der Waals surface area contributed by atoms with Crippen molar-refractivity contribution >= 4 is 34.7 Å². The first-order chi connectivity index (χ1) is 32.6. The van der Waals surface area contributed by atoms with Crippen molar-refractivity contribution in [2.75, 3.05) is 60.0 Å². The Bertz CT molecular complexity index is 2910. The van der Waals surface area contributed by atoms with Gasteiger partial charge in [0, 0.05) is 93.5 Å². The highest BCUT2D eigenvalue weighted by atomic mass is 35.5. The number of benzene rings is 4. The van der Waals surface area contributed by atoms with Crippen molar-refractivity contribution in [3.05, 3.63) is 147 Å². The van der Waals surface area contributed by atoms with E-state index in [-0.39, 0.29) is 31.3 Å². The Morgan fingerprint density at radius 1 is 0.851 bits per heavy atom.